The summed E-state index contributed by atoms with van der Waals surface area (Å²) in [5.41, 5.74) is 1.83. The number of ether oxygens (including phenoxy) is 1. The lowest BCUT2D eigenvalue weighted by atomic mass is 9.79. The van der Waals surface area contributed by atoms with E-state index in [1.54, 1.807) is 12.1 Å². The van der Waals surface area contributed by atoms with Crippen molar-refractivity contribution in [2.24, 2.45) is 0 Å². The Kier molecular flexibility index (Phi) is 5.95. The Labute approximate surface area is 161 Å². The van der Waals surface area contributed by atoms with Gasteiger partial charge in [-0.05, 0) is 43.8 Å². The number of benzene rings is 2. The zero-order valence-electron chi connectivity index (χ0n) is 16.3. The second-order valence-corrected chi connectivity index (χ2v) is 7.44. The number of carbonyl (C=O) groups excluding carboxylic acids is 1. The van der Waals surface area contributed by atoms with E-state index in [0.717, 1.165) is 30.8 Å². The molecule has 144 valence electrons. The molecule has 0 aliphatic carbocycles. The van der Waals surface area contributed by atoms with E-state index < -0.39 is 5.60 Å². The van der Waals surface area contributed by atoms with Gasteiger partial charge in [-0.3, -0.25) is 4.90 Å². The van der Waals surface area contributed by atoms with E-state index >= 15 is 0 Å². The molecule has 1 saturated heterocycles. The van der Waals surface area contributed by atoms with Crippen LogP contribution >= 0.6 is 0 Å². The second kappa shape index (κ2) is 8.21. The van der Waals surface area contributed by atoms with Crippen LogP contribution in [0.5, 0.6) is 0 Å². The molecule has 0 radical (unpaired) electrons. The molecule has 2 atom stereocenters. The minimum Gasteiger partial charge on any atom is -0.465 e. The van der Waals surface area contributed by atoms with Crippen LogP contribution in [0, 0.1) is 0 Å². The van der Waals surface area contributed by atoms with Gasteiger partial charge in [0.2, 0.25) is 0 Å². The Morgan fingerprint density at radius 2 is 1.85 bits per heavy atom. The molecule has 0 bridgehead atoms. The lowest BCUT2D eigenvalue weighted by molar-refractivity contribution is -0.0892. The van der Waals surface area contributed by atoms with Crippen LogP contribution in [0.1, 0.15) is 27.9 Å². The molecule has 0 aromatic heterocycles. The van der Waals surface area contributed by atoms with Crippen LogP contribution in [0.2, 0.25) is 0 Å². The maximum atomic E-state index is 11.6. The highest BCUT2D eigenvalue weighted by atomic mass is 16.5. The van der Waals surface area contributed by atoms with Crippen LogP contribution in [0.15, 0.2) is 54.6 Å². The minimum atomic E-state index is -0.851. The molecule has 0 saturated carbocycles. The first-order valence-corrected chi connectivity index (χ1v) is 9.28. The van der Waals surface area contributed by atoms with Crippen LogP contribution < -0.4 is 0 Å². The average Bonchev–Trinajstić information content (AvgIpc) is 2.70. The first kappa shape index (κ1) is 19.5. The highest BCUT2D eigenvalue weighted by Gasteiger charge is 2.43. The standard InChI is InChI=1S/C22H28N2O3/c1-23(2)20-16-24(14-13-22(20,26)19-7-5-4-6-8-19)15-17-9-11-18(12-10-17)21(25)27-3/h4-12,20,26H,13-16H2,1-3H3/t20-,22+/m1/s1. The summed E-state index contributed by atoms with van der Waals surface area (Å²) in [5.74, 6) is -0.319. The molecular formula is C22H28N2O3. The predicted molar refractivity (Wildman–Crippen MR) is 105 cm³/mol. The fraction of sp³-hybridized carbons (Fsp3) is 0.409. The second-order valence-electron chi connectivity index (χ2n) is 7.44. The lowest BCUT2D eigenvalue weighted by Crippen LogP contribution is -2.58. The van der Waals surface area contributed by atoms with Crippen molar-refractivity contribution in [3.63, 3.8) is 0 Å². The Morgan fingerprint density at radius 1 is 1.19 bits per heavy atom. The summed E-state index contributed by atoms with van der Waals surface area (Å²) in [5, 5.41) is 11.5. The number of likely N-dealkylation sites (N-methyl/N-ethyl adjacent to an activating group) is 1. The summed E-state index contributed by atoms with van der Waals surface area (Å²) in [6.45, 7) is 2.38. The Morgan fingerprint density at radius 3 is 2.44 bits per heavy atom. The zero-order chi connectivity index (χ0) is 19.4. The molecule has 0 spiro atoms. The Bertz CT molecular complexity index is 761. The molecular weight excluding hydrogens is 340 g/mol. The molecule has 1 fully saturated rings. The number of rotatable bonds is 5. The molecule has 27 heavy (non-hydrogen) atoms. The fourth-order valence-electron chi connectivity index (χ4n) is 3.90. The molecule has 0 unspecified atom stereocenters. The van der Waals surface area contributed by atoms with Gasteiger partial charge in [-0.15, -0.1) is 0 Å². The summed E-state index contributed by atoms with van der Waals surface area (Å²) in [7, 11) is 5.43. The number of methoxy groups -OCH3 is 1. The lowest BCUT2D eigenvalue weighted by Gasteiger charge is -2.47. The molecule has 5 heteroatoms. The summed E-state index contributed by atoms with van der Waals surface area (Å²) >= 11 is 0. The van der Waals surface area contributed by atoms with Gasteiger partial charge in [-0.1, -0.05) is 42.5 Å². The van der Waals surface area contributed by atoms with Crippen LogP contribution in [0.3, 0.4) is 0 Å². The maximum absolute atomic E-state index is 11.6. The summed E-state index contributed by atoms with van der Waals surface area (Å²) in [6, 6.07) is 17.5. The van der Waals surface area contributed by atoms with Gasteiger partial charge in [0.05, 0.1) is 18.7 Å². The van der Waals surface area contributed by atoms with Crippen LogP contribution in [0.4, 0.5) is 0 Å². The summed E-state index contributed by atoms with van der Waals surface area (Å²) in [4.78, 5) is 16.0. The zero-order valence-corrected chi connectivity index (χ0v) is 16.3. The molecule has 1 aliphatic heterocycles. The average molecular weight is 368 g/mol. The van der Waals surface area contributed by atoms with Crippen molar-refractivity contribution in [3.8, 4) is 0 Å². The molecule has 3 rings (SSSR count). The number of likely N-dealkylation sites (tertiary alicyclic amines) is 1. The molecule has 1 heterocycles. The number of esters is 1. The van der Waals surface area contributed by atoms with E-state index in [2.05, 4.69) is 9.80 Å². The van der Waals surface area contributed by atoms with E-state index in [1.165, 1.54) is 7.11 Å². The van der Waals surface area contributed by atoms with Gasteiger partial charge in [0, 0.05) is 19.6 Å². The predicted octanol–water partition coefficient (Wildman–Crippen LogP) is 2.50. The van der Waals surface area contributed by atoms with Crippen LogP contribution in [-0.4, -0.2) is 61.2 Å². The van der Waals surface area contributed by atoms with Crippen molar-refractivity contribution in [3.05, 3.63) is 71.3 Å². The first-order valence-electron chi connectivity index (χ1n) is 9.28. The molecule has 1 N–H and O–H groups in total. The monoisotopic (exact) mass is 368 g/mol. The molecule has 2 aromatic rings. The number of nitrogens with zero attached hydrogens (tertiary/aromatic N) is 2. The maximum Gasteiger partial charge on any atom is 0.337 e. The Balaban J connectivity index is 1.72. The third-order valence-corrected chi connectivity index (χ3v) is 5.47. The fourth-order valence-corrected chi connectivity index (χ4v) is 3.90. The highest BCUT2D eigenvalue weighted by molar-refractivity contribution is 5.89. The highest BCUT2D eigenvalue weighted by Crippen LogP contribution is 2.35. The van der Waals surface area contributed by atoms with Gasteiger partial charge < -0.3 is 14.7 Å². The number of hydrogen-bond acceptors (Lipinski definition) is 5. The van der Waals surface area contributed by atoms with Crippen molar-refractivity contribution in [2.75, 3.05) is 34.3 Å². The Hall–Kier alpha value is -2.21. The number of piperidine rings is 1. The van der Waals surface area contributed by atoms with E-state index in [-0.39, 0.29) is 12.0 Å². The van der Waals surface area contributed by atoms with Gasteiger partial charge in [0.15, 0.2) is 0 Å². The summed E-state index contributed by atoms with van der Waals surface area (Å²) < 4.78 is 4.75. The van der Waals surface area contributed by atoms with E-state index in [1.807, 2.05) is 56.6 Å². The van der Waals surface area contributed by atoms with Crippen molar-refractivity contribution < 1.29 is 14.6 Å². The van der Waals surface area contributed by atoms with Gasteiger partial charge in [0.25, 0.3) is 0 Å². The van der Waals surface area contributed by atoms with E-state index in [0.29, 0.717) is 12.0 Å². The molecule has 5 nitrogen and oxygen atoms in total. The van der Waals surface area contributed by atoms with Gasteiger partial charge >= 0.3 is 5.97 Å². The quantitative estimate of drug-likeness (QED) is 0.822. The van der Waals surface area contributed by atoms with Crippen LogP contribution in [0.25, 0.3) is 0 Å². The first-order chi connectivity index (χ1) is 12.9. The number of hydrogen-bond donors (Lipinski definition) is 1. The normalized spacial score (nSPS) is 23.4. The third-order valence-electron chi connectivity index (χ3n) is 5.47. The smallest absolute Gasteiger partial charge is 0.337 e. The topological polar surface area (TPSA) is 53.0 Å². The third kappa shape index (κ3) is 4.21. The van der Waals surface area contributed by atoms with Crippen molar-refractivity contribution >= 4 is 5.97 Å². The van der Waals surface area contributed by atoms with Gasteiger partial charge in [-0.2, -0.15) is 0 Å². The van der Waals surface area contributed by atoms with E-state index in [9.17, 15) is 9.90 Å². The van der Waals surface area contributed by atoms with Gasteiger partial charge in [-0.25, -0.2) is 4.79 Å². The molecule has 2 aromatic carbocycles. The largest absolute Gasteiger partial charge is 0.465 e. The minimum absolute atomic E-state index is 0.00277. The van der Waals surface area contributed by atoms with Crippen molar-refractivity contribution in [2.45, 2.75) is 24.6 Å². The SMILES string of the molecule is COC(=O)c1ccc(CN2CC[C@](O)(c3ccccc3)[C@H](N(C)C)C2)cc1. The van der Waals surface area contributed by atoms with Crippen molar-refractivity contribution in [1.82, 2.24) is 9.80 Å². The van der Waals surface area contributed by atoms with Crippen molar-refractivity contribution in [1.29, 1.82) is 0 Å². The van der Waals surface area contributed by atoms with E-state index in [4.69, 9.17) is 4.74 Å². The molecule has 1 aliphatic rings. The van der Waals surface area contributed by atoms with Gasteiger partial charge in [0.1, 0.15) is 5.60 Å². The van der Waals surface area contributed by atoms with Crippen LogP contribution in [-0.2, 0) is 16.9 Å². The number of aliphatic hydroxyl groups is 1. The summed E-state index contributed by atoms with van der Waals surface area (Å²) in [6.07, 6.45) is 0.681. The molecule has 0 amide bonds. The number of carbonyl (C=O) groups is 1.